The average Bonchev–Trinajstić information content (AvgIpc) is 2.73. The van der Waals surface area contributed by atoms with Gasteiger partial charge >= 0.3 is 5.97 Å². The Morgan fingerprint density at radius 1 is 1.04 bits per heavy atom. The molecule has 28 heavy (non-hydrogen) atoms. The predicted octanol–water partition coefficient (Wildman–Crippen LogP) is 5.64. The number of hydrogen-bond donors (Lipinski definition) is 0. The number of fused-ring (bicyclic) bond motifs is 1. The molecular formula is C24H22O3S. The Labute approximate surface area is 170 Å². The van der Waals surface area contributed by atoms with Crippen LogP contribution in [0.4, 0.5) is 0 Å². The molecule has 0 saturated carbocycles. The van der Waals surface area contributed by atoms with Gasteiger partial charge in [0.2, 0.25) is 0 Å². The Morgan fingerprint density at radius 3 is 2.54 bits per heavy atom. The number of hydrogen-bond acceptors (Lipinski definition) is 4. The first-order valence-electron chi connectivity index (χ1n) is 9.16. The summed E-state index contributed by atoms with van der Waals surface area (Å²) in [5, 5.41) is 1.73. The summed E-state index contributed by atoms with van der Waals surface area (Å²) in [5.74, 6) is 6.20. The maximum absolute atomic E-state index is 12.8. The van der Waals surface area contributed by atoms with Gasteiger partial charge in [0, 0.05) is 4.90 Å². The smallest absolute Gasteiger partial charge is 0.323 e. The van der Waals surface area contributed by atoms with Gasteiger partial charge in [0.05, 0.1) is 6.61 Å². The van der Waals surface area contributed by atoms with Crippen LogP contribution in [-0.2, 0) is 9.53 Å². The Hall–Kier alpha value is -2.90. The van der Waals surface area contributed by atoms with Gasteiger partial charge in [0.1, 0.15) is 17.6 Å². The van der Waals surface area contributed by atoms with Crippen LogP contribution >= 0.6 is 11.8 Å². The molecule has 0 fully saturated rings. The third kappa shape index (κ3) is 4.88. The molecule has 3 nitrogen and oxygen atoms in total. The fraction of sp³-hybridized carbons (Fsp3) is 0.208. The highest BCUT2D eigenvalue weighted by molar-refractivity contribution is 8.00. The number of benzene rings is 3. The second kappa shape index (κ2) is 9.87. The minimum atomic E-state index is -0.441. The van der Waals surface area contributed by atoms with E-state index in [1.165, 1.54) is 11.8 Å². The molecule has 0 heterocycles. The van der Waals surface area contributed by atoms with E-state index in [4.69, 9.17) is 9.47 Å². The Kier molecular flexibility index (Phi) is 7.00. The largest absolute Gasteiger partial charge is 0.481 e. The molecule has 0 radical (unpaired) electrons. The van der Waals surface area contributed by atoms with Gasteiger partial charge in [-0.15, -0.1) is 17.7 Å². The Morgan fingerprint density at radius 2 is 1.79 bits per heavy atom. The first-order chi connectivity index (χ1) is 13.7. The summed E-state index contributed by atoms with van der Waals surface area (Å²) in [6.07, 6.45) is 0. The van der Waals surface area contributed by atoms with Crippen molar-refractivity contribution in [2.45, 2.75) is 24.0 Å². The summed E-state index contributed by atoms with van der Waals surface area (Å²) >= 11 is 1.48. The zero-order valence-electron chi connectivity index (χ0n) is 16.0. The zero-order chi connectivity index (χ0) is 19.8. The molecule has 0 aliphatic heterocycles. The van der Waals surface area contributed by atoms with Gasteiger partial charge in [-0.05, 0) is 54.4 Å². The van der Waals surface area contributed by atoms with Crippen LogP contribution in [-0.4, -0.2) is 19.2 Å². The van der Waals surface area contributed by atoms with Crippen molar-refractivity contribution in [2.75, 3.05) is 13.2 Å². The normalized spacial score (nSPS) is 11.4. The molecule has 3 aromatic carbocycles. The van der Waals surface area contributed by atoms with E-state index in [1.807, 2.05) is 61.5 Å². The molecule has 3 aromatic rings. The van der Waals surface area contributed by atoms with Crippen molar-refractivity contribution in [3.05, 3.63) is 72.3 Å². The van der Waals surface area contributed by atoms with E-state index in [9.17, 15) is 4.79 Å². The van der Waals surface area contributed by atoms with Crippen LogP contribution in [0.1, 0.15) is 24.7 Å². The van der Waals surface area contributed by atoms with Crippen molar-refractivity contribution >= 4 is 28.5 Å². The Bertz CT molecular complexity index is 994. The highest BCUT2D eigenvalue weighted by Gasteiger charge is 2.25. The summed E-state index contributed by atoms with van der Waals surface area (Å²) in [6, 6.07) is 21.8. The molecule has 0 spiro atoms. The topological polar surface area (TPSA) is 35.5 Å². The molecular weight excluding hydrogens is 368 g/mol. The maximum Gasteiger partial charge on any atom is 0.323 e. The molecule has 3 rings (SSSR count). The van der Waals surface area contributed by atoms with Gasteiger partial charge in [0.15, 0.2) is 0 Å². The summed E-state index contributed by atoms with van der Waals surface area (Å²) in [5.41, 5.74) is 0.958. The SMILES string of the molecule is CC#CCOc1ccc(SC(C(=O)OCC)c2cccc3ccccc23)cc1. The molecule has 0 aliphatic carbocycles. The molecule has 0 N–H and O–H groups in total. The first-order valence-corrected chi connectivity index (χ1v) is 10.0. The molecule has 1 atom stereocenters. The number of ether oxygens (including phenoxy) is 2. The Balaban J connectivity index is 1.88. The van der Waals surface area contributed by atoms with E-state index >= 15 is 0 Å². The number of esters is 1. The van der Waals surface area contributed by atoms with Gasteiger partial charge in [-0.2, -0.15) is 0 Å². The van der Waals surface area contributed by atoms with Crippen LogP contribution in [0, 0.1) is 11.8 Å². The maximum atomic E-state index is 12.8. The van der Waals surface area contributed by atoms with Gasteiger partial charge in [-0.1, -0.05) is 48.4 Å². The fourth-order valence-electron chi connectivity index (χ4n) is 2.88. The lowest BCUT2D eigenvalue weighted by atomic mass is 10.0. The van der Waals surface area contributed by atoms with E-state index in [2.05, 4.69) is 24.0 Å². The minimum Gasteiger partial charge on any atom is -0.481 e. The molecule has 4 heteroatoms. The van der Waals surface area contributed by atoms with Gasteiger partial charge < -0.3 is 9.47 Å². The monoisotopic (exact) mass is 390 g/mol. The number of rotatable bonds is 7. The standard InChI is InChI=1S/C24H22O3S/c1-3-5-17-27-19-13-15-20(16-14-19)28-23(24(25)26-4-2)22-12-8-10-18-9-6-7-11-21(18)22/h6-16,23H,4,17H2,1-2H3. The number of carbonyl (C=O) groups excluding carboxylic acids is 1. The van der Waals surface area contributed by atoms with Crippen LogP contribution in [0.15, 0.2) is 71.6 Å². The highest BCUT2D eigenvalue weighted by atomic mass is 32.2. The summed E-state index contributed by atoms with van der Waals surface area (Å²) in [7, 11) is 0. The summed E-state index contributed by atoms with van der Waals surface area (Å²) in [4.78, 5) is 13.7. The highest BCUT2D eigenvalue weighted by Crippen LogP contribution is 2.39. The summed E-state index contributed by atoms with van der Waals surface area (Å²) < 4.78 is 10.9. The lowest BCUT2D eigenvalue weighted by Gasteiger charge is -2.18. The van der Waals surface area contributed by atoms with E-state index in [1.54, 1.807) is 6.92 Å². The average molecular weight is 391 g/mol. The quantitative estimate of drug-likeness (QED) is 0.297. The van der Waals surface area contributed by atoms with Crippen molar-refractivity contribution in [2.24, 2.45) is 0 Å². The molecule has 0 aromatic heterocycles. The summed E-state index contributed by atoms with van der Waals surface area (Å²) in [6.45, 7) is 4.33. The van der Waals surface area contributed by atoms with E-state index in [0.29, 0.717) is 13.2 Å². The van der Waals surface area contributed by atoms with E-state index in [0.717, 1.165) is 27.0 Å². The van der Waals surface area contributed by atoms with Crippen molar-refractivity contribution < 1.29 is 14.3 Å². The second-order valence-electron chi connectivity index (χ2n) is 6.01. The van der Waals surface area contributed by atoms with Gasteiger partial charge in [-0.3, -0.25) is 4.79 Å². The van der Waals surface area contributed by atoms with Crippen LogP contribution in [0.25, 0.3) is 10.8 Å². The van der Waals surface area contributed by atoms with Crippen LogP contribution < -0.4 is 4.74 Å². The van der Waals surface area contributed by atoms with Crippen LogP contribution in [0.5, 0.6) is 5.75 Å². The molecule has 1 unspecified atom stereocenters. The predicted molar refractivity (Wildman–Crippen MR) is 115 cm³/mol. The second-order valence-corrected chi connectivity index (χ2v) is 7.18. The van der Waals surface area contributed by atoms with E-state index < -0.39 is 5.25 Å². The van der Waals surface area contributed by atoms with E-state index in [-0.39, 0.29) is 5.97 Å². The third-order valence-electron chi connectivity index (χ3n) is 4.17. The molecule has 0 aliphatic rings. The number of carbonyl (C=O) groups is 1. The molecule has 0 saturated heterocycles. The molecule has 0 amide bonds. The lowest BCUT2D eigenvalue weighted by Crippen LogP contribution is -2.13. The fourth-order valence-corrected chi connectivity index (χ4v) is 3.94. The van der Waals surface area contributed by atoms with Crippen molar-refractivity contribution in [3.8, 4) is 17.6 Å². The van der Waals surface area contributed by atoms with Crippen molar-refractivity contribution in [1.29, 1.82) is 0 Å². The van der Waals surface area contributed by atoms with Crippen molar-refractivity contribution in [3.63, 3.8) is 0 Å². The van der Waals surface area contributed by atoms with Crippen LogP contribution in [0.2, 0.25) is 0 Å². The van der Waals surface area contributed by atoms with Gasteiger partial charge in [-0.25, -0.2) is 0 Å². The third-order valence-corrected chi connectivity index (χ3v) is 5.40. The first kappa shape index (κ1) is 19.9. The zero-order valence-corrected chi connectivity index (χ0v) is 16.8. The lowest BCUT2D eigenvalue weighted by molar-refractivity contribution is -0.142. The molecule has 142 valence electrons. The van der Waals surface area contributed by atoms with Gasteiger partial charge in [0.25, 0.3) is 0 Å². The number of thioether (sulfide) groups is 1. The van der Waals surface area contributed by atoms with Crippen LogP contribution in [0.3, 0.4) is 0 Å². The van der Waals surface area contributed by atoms with Crippen molar-refractivity contribution in [1.82, 2.24) is 0 Å². The minimum absolute atomic E-state index is 0.234. The molecule has 0 bridgehead atoms.